The topological polar surface area (TPSA) is 59.2 Å². The van der Waals surface area contributed by atoms with Gasteiger partial charge in [0, 0.05) is 17.7 Å². The Balaban J connectivity index is 1.50. The predicted octanol–water partition coefficient (Wildman–Crippen LogP) is 5.06. The minimum atomic E-state index is -0.155. The molecule has 0 saturated carbocycles. The number of hydrogen-bond acceptors (Lipinski definition) is 4. The van der Waals surface area contributed by atoms with E-state index in [1.807, 2.05) is 47.4 Å². The molecular formula is C23H25N3O2. The number of likely N-dealkylation sites (tertiary alicyclic amines) is 1. The first-order valence-corrected chi connectivity index (χ1v) is 10.0. The average molecular weight is 375 g/mol. The van der Waals surface area contributed by atoms with E-state index < -0.39 is 0 Å². The highest BCUT2D eigenvalue weighted by molar-refractivity contribution is 5.94. The van der Waals surface area contributed by atoms with Crippen molar-refractivity contribution in [2.75, 3.05) is 6.54 Å². The number of hydrogen-bond donors (Lipinski definition) is 0. The maximum absolute atomic E-state index is 13.1. The highest BCUT2D eigenvalue weighted by Gasteiger charge is 2.34. The standard InChI is InChI=1S/C23H25N3O2/c1-2-3-8-17-12-14-19(15-13-17)23(27)26-16-7-11-20(26)22-24-21(25-28-22)18-9-5-4-6-10-18/h4-6,9-10,12-15,20H,2-3,7-8,11,16H2,1H3/t20-/m1/s1. The van der Waals surface area contributed by atoms with Crippen molar-refractivity contribution in [3.8, 4) is 11.4 Å². The van der Waals surface area contributed by atoms with Gasteiger partial charge in [-0.15, -0.1) is 0 Å². The third-order valence-electron chi connectivity index (χ3n) is 5.29. The largest absolute Gasteiger partial charge is 0.337 e. The fourth-order valence-electron chi connectivity index (χ4n) is 3.70. The summed E-state index contributed by atoms with van der Waals surface area (Å²) in [5, 5.41) is 4.11. The van der Waals surface area contributed by atoms with Gasteiger partial charge in [-0.25, -0.2) is 0 Å². The van der Waals surface area contributed by atoms with Crippen LogP contribution < -0.4 is 0 Å². The van der Waals surface area contributed by atoms with Crippen molar-refractivity contribution in [3.05, 3.63) is 71.6 Å². The molecule has 2 heterocycles. The fourth-order valence-corrected chi connectivity index (χ4v) is 3.70. The maximum atomic E-state index is 13.1. The van der Waals surface area contributed by atoms with Crippen molar-refractivity contribution in [3.63, 3.8) is 0 Å². The number of nitrogens with zero attached hydrogens (tertiary/aromatic N) is 3. The lowest BCUT2D eigenvalue weighted by Crippen LogP contribution is -2.30. The first-order chi connectivity index (χ1) is 13.8. The average Bonchev–Trinajstić information content (AvgIpc) is 3.42. The van der Waals surface area contributed by atoms with E-state index in [4.69, 9.17) is 4.52 Å². The summed E-state index contributed by atoms with van der Waals surface area (Å²) in [6.07, 6.45) is 5.18. The number of benzene rings is 2. The quantitative estimate of drug-likeness (QED) is 0.604. The SMILES string of the molecule is CCCCc1ccc(C(=O)N2CCC[C@@H]2c2nc(-c3ccccc3)no2)cc1. The van der Waals surface area contributed by atoms with E-state index in [2.05, 4.69) is 29.2 Å². The van der Waals surface area contributed by atoms with Crippen LogP contribution in [0.3, 0.4) is 0 Å². The Labute approximate surface area is 165 Å². The zero-order chi connectivity index (χ0) is 19.3. The minimum absolute atomic E-state index is 0.0315. The van der Waals surface area contributed by atoms with Crippen LogP contribution in [0.1, 0.15) is 60.5 Å². The molecule has 3 aromatic rings. The van der Waals surface area contributed by atoms with Crippen LogP contribution in [-0.4, -0.2) is 27.5 Å². The second kappa shape index (κ2) is 8.38. The highest BCUT2D eigenvalue weighted by Crippen LogP contribution is 2.33. The molecule has 5 nitrogen and oxygen atoms in total. The number of aromatic nitrogens is 2. The molecule has 1 atom stereocenters. The van der Waals surface area contributed by atoms with Crippen molar-refractivity contribution in [1.29, 1.82) is 0 Å². The number of unbranched alkanes of at least 4 members (excludes halogenated alkanes) is 1. The van der Waals surface area contributed by atoms with E-state index in [9.17, 15) is 4.79 Å². The second-order valence-corrected chi connectivity index (χ2v) is 7.28. The first-order valence-electron chi connectivity index (χ1n) is 10.0. The third kappa shape index (κ3) is 3.84. The van der Waals surface area contributed by atoms with Crippen molar-refractivity contribution in [2.24, 2.45) is 0 Å². The molecule has 0 aliphatic carbocycles. The van der Waals surface area contributed by atoms with Gasteiger partial charge in [-0.05, 0) is 43.4 Å². The van der Waals surface area contributed by atoms with Crippen molar-refractivity contribution in [1.82, 2.24) is 15.0 Å². The highest BCUT2D eigenvalue weighted by atomic mass is 16.5. The summed E-state index contributed by atoms with van der Waals surface area (Å²) in [5.74, 6) is 1.11. The smallest absolute Gasteiger partial charge is 0.254 e. The van der Waals surface area contributed by atoms with Crippen LogP contribution in [0.15, 0.2) is 59.1 Å². The Morgan fingerprint density at radius 1 is 1.14 bits per heavy atom. The molecule has 0 N–H and O–H groups in total. The Morgan fingerprint density at radius 2 is 1.93 bits per heavy atom. The van der Waals surface area contributed by atoms with E-state index in [1.165, 1.54) is 18.4 Å². The molecule has 0 unspecified atom stereocenters. The van der Waals surface area contributed by atoms with E-state index in [1.54, 1.807) is 0 Å². The van der Waals surface area contributed by atoms with E-state index in [0.717, 1.165) is 30.4 Å². The summed E-state index contributed by atoms with van der Waals surface area (Å²) >= 11 is 0. The predicted molar refractivity (Wildman–Crippen MR) is 108 cm³/mol. The summed E-state index contributed by atoms with van der Waals surface area (Å²) in [7, 11) is 0. The molecule has 1 amide bonds. The van der Waals surface area contributed by atoms with Gasteiger partial charge in [0.15, 0.2) is 0 Å². The van der Waals surface area contributed by atoms with Gasteiger partial charge in [-0.2, -0.15) is 4.98 Å². The molecule has 1 fully saturated rings. The lowest BCUT2D eigenvalue weighted by Gasteiger charge is -2.22. The molecule has 2 aromatic carbocycles. The summed E-state index contributed by atoms with van der Waals surface area (Å²) in [4.78, 5) is 19.5. The lowest BCUT2D eigenvalue weighted by atomic mass is 10.1. The summed E-state index contributed by atoms with van der Waals surface area (Å²) in [6, 6.07) is 17.6. The summed E-state index contributed by atoms with van der Waals surface area (Å²) in [5.41, 5.74) is 2.91. The molecule has 1 aliphatic heterocycles. The monoisotopic (exact) mass is 375 g/mol. The minimum Gasteiger partial charge on any atom is -0.337 e. The fraction of sp³-hybridized carbons (Fsp3) is 0.348. The van der Waals surface area contributed by atoms with E-state index in [-0.39, 0.29) is 11.9 Å². The van der Waals surface area contributed by atoms with Gasteiger partial charge in [0.05, 0.1) is 0 Å². The van der Waals surface area contributed by atoms with Crippen molar-refractivity contribution < 1.29 is 9.32 Å². The van der Waals surface area contributed by atoms with Gasteiger partial charge in [-0.3, -0.25) is 4.79 Å². The molecule has 5 heteroatoms. The van der Waals surface area contributed by atoms with Gasteiger partial charge in [0.2, 0.25) is 11.7 Å². The maximum Gasteiger partial charge on any atom is 0.254 e. The van der Waals surface area contributed by atoms with Crippen molar-refractivity contribution >= 4 is 5.91 Å². The zero-order valence-corrected chi connectivity index (χ0v) is 16.2. The molecule has 1 aromatic heterocycles. The lowest BCUT2D eigenvalue weighted by molar-refractivity contribution is 0.0710. The van der Waals surface area contributed by atoms with Crippen LogP contribution >= 0.6 is 0 Å². The summed E-state index contributed by atoms with van der Waals surface area (Å²) in [6.45, 7) is 2.90. The van der Waals surface area contributed by atoms with Crippen molar-refractivity contribution in [2.45, 2.75) is 45.1 Å². The van der Waals surface area contributed by atoms with Gasteiger partial charge >= 0.3 is 0 Å². The molecule has 0 bridgehead atoms. The van der Waals surface area contributed by atoms with E-state index in [0.29, 0.717) is 18.3 Å². The molecule has 28 heavy (non-hydrogen) atoms. The van der Waals surface area contributed by atoms with Crippen LogP contribution in [0.4, 0.5) is 0 Å². The van der Waals surface area contributed by atoms with E-state index >= 15 is 0 Å². The Bertz CT molecular complexity index is 919. The normalized spacial score (nSPS) is 16.5. The van der Waals surface area contributed by atoms with Crippen LogP contribution in [0.25, 0.3) is 11.4 Å². The number of amides is 1. The second-order valence-electron chi connectivity index (χ2n) is 7.28. The van der Waals surface area contributed by atoms with Gasteiger partial charge in [0.25, 0.3) is 5.91 Å². The number of rotatable bonds is 6. The van der Waals surface area contributed by atoms with Crippen LogP contribution in [0.2, 0.25) is 0 Å². The summed E-state index contributed by atoms with van der Waals surface area (Å²) < 4.78 is 5.53. The third-order valence-corrected chi connectivity index (χ3v) is 5.29. The molecule has 0 spiro atoms. The zero-order valence-electron chi connectivity index (χ0n) is 16.2. The Morgan fingerprint density at radius 3 is 2.68 bits per heavy atom. The Kier molecular flexibility index (Phi) is 5.51. The van der Waals surface area contributed by atoms with Crippen LogP contribution in [0.5, 0.6) is 0 Å². The molecule has 144 valence electrons. The Hall–Kier alpha value is -2.95. The molecule has 1 aliphatic rings. The first kappa shape index (κ1) is 18.4. The van der Waals surface area contributed by atoms with Gasteiger partial charge < -0.3 is 9.42 Å². The van der Waals surface area contributed by atoms with Crippen LogP contribution in [-0.2, 0) is 6.42 Å². The molecule has 0 radical (unpaired) electrons. The molecular weight excluding hydrogens is 350 g/mol. The molecule has 1 saturated heterocycles. The van der Waals surface area contributed by atoms with Crippen LogP contribution in [0, 0.1) is 0 Å². The molecule has 4 rings (SSSR count). The number of carbonyl (C=O) groups excluding carboxylic acids is 1. The number of aryl methyl sites for hydroxylation is 1. The number of carbonyl (C=O) groups is 1. The van der Waals surface area contributed by atoms with Gasteiger partial charge in [-0.1, -0.05) is 61.0 Å². The van der Waals surface area contributed by atoms with Gasteiger partial charge in [0.1, 0.15) is 6.04 Å².